The molecule has 0 spiro atoms. The predicted molar refractivity (Wildman–Crippen MR) is 128 cm³/mol. The van der Waals surface area contributed by atoms with Crippen LogP contribution in [0.25, 0.3) is 0 Å². The summed E-state index contributed by atoms with van der Waals surface area (Å²) in [5.41, 5.74) is 0.600. The Morgan fingerprint density at radius 3 is 2.56 bits per heavy atom. The summed E-state index contributed by atoms with van der Waals surface area (Å²) in [6, 6.07) is 9.39. The Bertz CT molecular complexity index is 771. The maximum Gasteiger partial charge on any atom is 0.338 e. The highest BCUT2D eigenvalue weighted by Gasteiger charge is 2.53. The van der Waals surface area contributed by atoms with Crippen LogP contribution in [0.1, 0.15) is 77.1 Å². The standard InChI is InChI=1S/C28H42O4/c1-20(14-15-21(2)27(3,4)31-19-30-6)23-16-17-24-25(13-10-18-28(23,24)5)32-26(29)22-11-8-7-9-12-22/h7-9,11-12,14-15,20-21,23-25H,10,13,16-19H2,1-6H3/b15-14+/t20-,21+,23-,24-,25+,28-/m1/s1. The Morgan fingerprint density at radius 1 is 1.16 bits per heavy atom. The molecule has 0 N–H and O–H groups in total. The minimum absolute atomic E-state index is 0.0305. The summed E-state index contributed by atoms with van der Waals surface area (Å²) < 4.78 is 17.0. The Labute approximate surface area is 194 Å². The van der Waals surface area contributed by atoms with Crippen molar-refractivity contribution >= 4 is 5.97 Å². The molecule has 0 aliphatic heterocycles. The van der Waals surface area contributed by atoms with E-state index in [1.807, 2.05) is 30.3 Å². The van der Waals surface area contributed by atoms with Crippen molar-refractivity contribution in [2.45, 2.75) is 78.4 Å². The summed E-state index contributed by atoms with van der Waals surface area (Å²) in [4.78, 5) is 12.7. The maximum atomic E-state index is 12.7. The molecule has 1 aromatic carbocycles. The average molecular weight is 443 g/mol. The SMILES string of the molecule is COCOC(C)(C)[C@@H](C)/C=C/[C@@H](C)[C@H]1CC[C@@H]2[C@@H](OC(=O)c3ccccc3)CCC[C@]12C. The number of fused-ring (bicyclic) bond motifs is 1. The number of hydrogen-bond donors (Lipinski definition) is 0. The second-order valence-electron chi connectivity index (χ2n) is 10.7. The van der Waals surface area contributed by atoms with E-state index in [1.54, 1.807) is 7.11 Å². The second kappa shape index (κ2) is 10.5. The molecule has 1 aromatic rings. The number of allylic oxidation sites excluding steroid dienone is 1. The maximum absolute atomic E-state index is 12.7. The van der Waals surface area contributed by atoms with Gasteiger partial charge in [-0.2, -0.15) is 0 Å². The van der Waals surface area contributed by atoms with Gasteiger partial charge >= 0.3 is 5.97 Å². The summed E-state index contributed by atoms with van der Waals surface area (Å²) in [7, 11) is 1.66. The highest BCUT2D eigenvalue weighted by molar-refractivity contribution is 5.89. The minimum Gasteiger partial charge on any atom is -0.458 e. The number of hydrogen-bond acceptors (Lipinski definition) is 4. The van der Waals surface area contributed by atoms with Crippen LogP contribution in [0, 0.1) is 29.1 Å². The molecule has 178 valence electrons. The highest BCUT2D eigenvalue weighted by Crippen LogP contribution is 2.58. The lowest BCUT2D eigenvalue weighted by atomic mass is 9.61. The van der Waals surface area contributed by atoms with E-state index in [0.29, 0.717) is 30.1 Å². The summed E-state index contributed by atoms with van der Waals surface area (Å²) in [6.45, 7) is 11.5. The zero-order chi connectivity index (χ0) is 23.4. The molecule has 0 amide bonds. The molecule has 6 atom stereocenters. The third-order valence-corrected chi connectivity index (χ3v) is 8.39. The van der Waals surface area contributed by atoms with Crippen molar-refractivity contribution in [3.8, 4) is 0 Å². The zero-order valence-corrected chi connectivity index (χ0v) is 20.8. The zero-order valence-electron chi connectivity index (χ0n) is 20.8. The molecule has 2 saturated carbocycles. The molecular formula is C28H42O4. The number of esters is 1. The van der Waals surface area contributed by atoms with Gasteiger partial charge in [0, 0.05) is 18.9 Å². The summed E-state index contributed by atoms with van der Waals surface area (Å²) in [5.74, 6) is 1.65. The van der Waals surface area contributed by atoms with Crippen molar-refractivity contribution < 1.29 is 19.0 Å². The Hall–Kier alpha value is -1.65. The topological polar surface area (TPSA) is 44.8 Å². The molecule has 0 heterocycles. The van der Waals surface area contributed by atoms with E-state index in [4.69, 9.17) is 14.2 Å². The summed E-state index contributed by atoms with van der Waals surface area (Å²) in [6.07, 6.45) is 10.4. The molecule has 4 heteroatoms. The van der Waals surface area contributed by atoms with Crippen LogP contribution in [-0.4, -0.2) is 31.6 Å². The van der Waals surface area contributed by atoms with Gasteiger partial charge in [-0.25, -0.2) is 4.79 Å². The van der Waals surface area contributed by atoms with Gasteiger partial charge in [0.25, 0.3) is 0 Å². The van der Waals surface area contributed by atoms with Gasteiger partial charge in [0.2, 0.25) is 0 Å². The second-order valence-corrected chi connectivity index (χ2v) is 10.7. The Kier molecular flexibility index (Phi) is 8.21. The van der Waals surface area contributed by atoms with E-state index in [0.717, 1.165) is 19.3 Å². The van der Waals surface area contributed by atoms with Crippen molar-refractivity contribution in [2.75, 3.05) is 13.9 Å². The molecule has 0 unspecified atom stereocenters. The fraction of sp³-hybridized carbons (Fsp3) is 0.679. The van der Waals surface area contributed by atoms with Crippen LogP contribution >= 0.6 is 0 Å². The fourth-order valence-electron chi connectivity index (χ4n) is 5.99. The van der Waals surface area contributed by atoms with E-state index in [9.17, 15) is 4.79 Å². The molecule has 4 nitrogen and oxygen atoms in total. The number of benzene rings is 1. The van der Waals surface area contributed by atoms with Crippen molar-refractivity contribution in [3.63, 3.8) is 0 Å². The lowest BCUT2D eigenvalue weighted by Crippen LogP contribution is -2.43. The average Bonchev–Trinajstić information content (AvgIpc) is 3.14. The Morgan fingerprint density at radius 2 is 1.88 bits per heavy atom. The first kappa shape index (κ1) is 25.0. The first-order valence-corrected chi connectivity index (χ1v) is 12.3. The summed E-state index contributed by atoms with van der Waals surface area (Å²) in [5, 5.41) is 0. The number of carbonyl (C=O) groups excluding carboxylic acids is 1. The molecule has 32 heavy (non-hydrogen) atoms. The molecule has 0 radical (unpaired) electrons. The minimum atomic E-state index is -0.268. The van der Waals surface area contributed by atoms with Crippen LogP contribution in [0.4, 0.5) is 0 Å². The van der Waals surface area contributed by atoms with Crippen LogP contribution in [0.3, 0.4) is 0 Å². The normalized spacial score (nSPS) is 30.1. The van der Waals surface area contributed by atoms with Crippen LogP contribution in [0.2, 0.25) is 0 Å². The van der Waals surface area contributed by atoms with Gasteiger partial charge in [-0.1, -0.05) is 51.1 Å². The molecule has 0 aromatic heterocycles. The lowest BCUT2D eigenvalue weighted by molar-refractivity contribution is -0.128. The quantitative estimate of drug-likeness (QED) is 0.244. The van der Waals surface area contributed by atoms with E-state index in [-0.39, 0.29) is 29.0 Å². The van der Waals surface area contributed by atoms with Gasteiger partial charge in [0.15, 0.2) is 0 Å². The molecule has 2 aliphatic carbocycles. The molecule has 0 saturated heterocycles. The first-order valence-electron chi connectivity index (χ1n) is 12.3. The van der Waals surface area contributed by atoms with Crippen LogP contribution in [-0.2, 0) is 14.2 Å². The van der Waals surface area contributed by atoms with Crippen LogP contribution < -0.4 is 0 Å². The molecule has 0 bridgehead atoms. The smallest absolute Gasteiger partial charge is 0.338 e. The molecule has 2 fully saturated rings. The number of carbonyl (C=O) groups is 1. The molecule has 2 aliphatic rings. The fourth-order valence-corrected chi connectivity index (χ4v) is 5.99. The van der Waals surface area contributed by atoms with Gasteiger partial charge < -0.3 is 14.2 Å². The molecular weight excluding hydrogens is 400 g/mol. The van der Waals surface area contributed by atoms with Crippen molar-refractivity contribution in [1.29, 1.82) is 0 Å². The van der Waals surface area contributed by atoms with Gasteiger partial charge in [0.1, 0.15) is 12.9 Å². The lowest BCUT2D eigenvalue weighted by Gasteiger charge is -2.45. The van der Waals surface area contributed by atoms with Crippen molar-refractivity contribution in [2.24, 2.45) is 29.1 Å². The van der Waals surface area contributed by atoms with Gasteiger partial charge in [-0.3, -0.25) is 0 Å². The largest absolute Gasteiger partial charge is 0.458 e. The monoisotopic (exact) mass is 442 g/mol. The summed E-state index contributed by atoms with van der Waals surface area (Å²) >= 11 is 0. The van der Waals surface area contributed by atoms with Gasteiger partial charge in [-0.15, -0.1) is 0 Å². The van der Waals surface area contributed by atoms with E-state index >= 15 is 0 Å². The van der Waals surface area contributed by atoms with Crippen molar-refractivity contribution in [3.05, 3.63) is 48.0 Å². The third kappa shape index (κ3) is 5.46. The van der Waals surface area contributed by atoms with E-state index in [2.05, 4.69) is 46.8 Å². The highest BCUT2D eigenvalue weighted by atomic mass is 16.7. The number of methoxy groups -OCH3 is 1. The van der Waals surface area contributed by atoms with Crippen LogP contribution in [0.15, 0.2) is 42.5 Å². The van der Waals surface area contributed by atoms with Crippen molar-refractivity contribution in [1.82, 2.24) is 0 Å². The molecule has 3 rings (SSSR count). The predicted octanol–water partition coefficient (Wildman–Crippen LogP) is 6.66. The Balaban J connectivity index is 1.65. The number of ether oxygens (including phenoxy) is 3. The van der Waals surface area contributed by atoms with E-state index < -0.39 is 0 Å². The van der Waals surface area contributed by atoms with Crippen LogP contribution in [0.5, 0.6) is 0 Å². The first-order chi connectivity index (χ1) is 15.2. The number of rotatable bonds is 9. The van der Waals surface area contributed by atoms with E-state index in [1.165, 1.54) is 12.8 Å². The van der Waals surface area contributed by atoms with Gasteiger partial charge in [0.05, 0.1) is 11.2 Å². The van der Waals surface area contributed by atoms with Gasteiger partial charge in [-0.05, 0) is 75.3 Å². The third-order valence-electron chi connectivity index (χ3n) is 8.39.